The highest BCUT2D eigenvalue weighted by Crippen LogP contribution is 2.32. The minimum absolute atomic E-state index is 0.214. The molecule has 0 radical (unpaired) electrons. The van der Waals surface area contributed by atoms with Crippen LogP contribution < -0.4 is 0 Å². The van der Waals surface area contributed by atoms with Crippen LogP contribution in [0.1, 0.15) is 49.3 Å². The Balaban J connectivity index is 1.88. The Labute approximate surface area is 140 Å². The van der Waals surface area contributed by atoms with Gasteiger partial charge in [0.25, 0.3) is 0 Å². The summed E-state index contributed by atoms with van der Waals surface area (Å²) in [6, 6.07) is 11.3. The molecule has 2 aromatic rings. The number of aliphatic hydroxyl groups excluding tert-OH is 1. The first-order valence-corrected chi connectivity index (χ1v) is 9.08. The van der Waals surface area contributed by atoms with Crippen molar-refractivity contribution in [2.45, 2.75) is 58.1 Å². The largest absolute Gasteiger partial charge is 0.392 e. The molecule has 0 aliphatic heterocycles. The fraction of sp³-hybridized carbons (Fsp3) is 0.524. The molecule has 0 saturated heterocycles. The first kappa shape index (κ1) is 16.5. The molecule has 124 valence electrons. The number of fused-ring (bicyclic) bond motifs is 3. The van der Waals surface area contributed by atoms with E-state index in [1.165, 1.54) is 42.0 Å². The van der Waals surface area contributed by atoms with Crippen molar-refractivity contribution in [1.82, 2.24) is 4.90 Å². The number of benzene rings is 2. The lowest BCUT2D eigenvalue weighted by Gasteiger charge is -2.24. The summed E-state index contributed by atoms with van der Waals surface area (Å²) < 4.78 is 0. The van der Waals surface area contributed by atoms with Crippen LogP contribution in [0.3, 0.4) is 0 Å². The van der Waals surface area contributed by atoms with Crippen LogP contribution in [0.15, 0.2) is 30.3 Å². The predicted molar refractivity (Wildman–Crippen MR) is 97.8 cm³/mol. The molecule has 0 unspecified atom stereocenters. The maximum absolute atomic E-state index is 10.1. The SMILES string of the molecule is CCC[C@@H](O)CN(C)Cc1cc2c(c3ccccc13)CCCC2. The van der Waals surface area contributed by atoms with Crippen LogP contribution in [0.5, 0.6) is 0 Å². The smallest absolute Gasteiger partial charge is 0.0667 e. The molecule has 0 fully saturated rings. The van der Waals surface area contributed by atoms with E-state index in [1.54, 1.807) is 11.1 Å². The van der Waals surface area contributed by atoms with Crippen molar-refractivity contribution in [1.29, 1.82) is 0 Å². The molecule has 1 atom stereocenters. The third-order valence-corrected chi connectivity index (χ3v) is 5.04. The highest BCUT2D eigenvalue weighted by atomic mass is 16.3. The number of aryl methyl sites for hydroxylation is 2. The standard InChI is InChI=1S/C21H29NO/c1-3-8-18(23)15-22(2)14-17-13-16-9-4-5-10-19(16)21-12-7-6-11-20(17)21/h6-7,11-13,18,23H,3-5,8-10,14-15H2,1-2H3/t18-/m1/s1. The van der Waals surface area contributed by atoms with Gasteiger partial charge in [-0.1, -0.05) is 43.7 Å². The van der Waals surface area contributed by atoms with E-state index in [-0.39, 0.29) is 6.10 Å². The van der Waals surface area contributed by atoms with Gasteiger partial charge in [0, 0.05) is 13.1 Å². The second kappa shape index (κ2) is 7.46. The maximum Gasteiger partial charge on any atom is 0.0667 e. The number of hydrogen-bond acceptors (Lipinski definition) is 2. The molecular formula is C21H29NO. The van der Waals surface area contributed by atoms with E-state index in [4.69, 9.17) is 0 Å². The van der Waals surface area contributed by atoms with E-state index < -0.39 is 0 Å². The molecule has 2 heteroatoms. The van der Waals surface area contributed by atoms with Crippen LogP contribution in [-0.4, -0.2) is 29.7 Å². The van der Waals surface area contributed by atoms with Crippen molar-refractivity contribution in [2.24, 2.45) is 0 Å². The summed E-state index contributed by atoms with van der Waals surface area (Å²) in [4.78, 5) is 2.26. The van der Waals surface area contributed by atoms with Gasteiger partial charge in [0.05, 0.1) is 6.10 Å². The zero-order valence-electron chi connectivity index (χ0n) is 14.5. The molecule has 0 amide bonds. The summed E-state index contributed by atoms with van der Waals surface area (Å²) in [5.74, 6) is 0. The predicted octanol–water partition coefficient (Wildman–Crippen LogP) is 4.31. The summed E-state index contributed by atoms with van der Waals surface area (Å²) in [5, 5.41) is 12.9. The Morgan fingerprint density at radius 1 is 1.13 bits per heavy atom. The summed E-state index contributed by atoms with van der Waals surface area (Å²) >= 11 is 0. The zero-order valence-corrected chi connectivity index (χ0v) is 14.5. The third-order valence-electron chi connectivity index (χ3n) is 5.04. The average Bonchev–Trinajstić information content (AvgIpc) is 2.55. The van der Waals surface area contributed by atoms with Crippen LogP contribution in [0, 0.1) is 0 Å². The van der Waals surface area contributed by atoms with Gasteiger partial charge >= 0.3 is 0 Å². The molecule has 23 heavy (non-hydrogen) atoms. The van der Waals surface area contributed by atoms with E-state index in [9.17, 15) is 5.11 Å². The van der Waals surface area contributed by atoms with Gasteiger partial charge in [-0.2, -0.15) is 0 Å². The first-order chi connectivity index (χ1) is 11.2. The van der Waals surface area contributed by atoms with Gasteiger partial charge in [0.15, 0.2) is 0 Å². The van der Waals surface area contributed by atoms with Crippen LogP contribution >= 0.6 is 0 Å². The number of nitrogens with zero attached hydrogens (tertiary/aromatic N) is 1. The van der Waals surface area contributed by atoms with Crippen molar-refractivity contribution in [3.8, 4) is 0 Å². The fourth-order valence-electron chi connectivity index (χ4n) is 3.98. The van der Waals surface area contributed by atoms with Gasteiger partial charge in [-0.25, -0.2) is 0 Å². The molecule has 0 bridgehead atoms. The highest BCUT2D eigenvalue weighted by Gasteiger charge is 2.16. The minimum atomic E-state index is -0.214. The summed E-state index contributed by atoms with van der Waals surface area (Å²) in [6.45, 7) is 3.79. The van der Waals surface area contributed by atoms with Crippen LogP contribution in [0.25, 0.3) is 10.8 Å². The van der Waals surface area contributed by atoms with Crippen molar-refractivity contribution in [2.75, 3.05) is 13.6 Å². The molecule has 0 aromatic heterocycles. The highest BCUT2D eigenvalue weighted by molar-refractivity contribution is 5.90. The van der Waals surface area contributed by atoms with Gasteiger partial charge in [-0.3, -0.25) is 4.90 Å². The normalized spacial score (nSPS) is 15.8. The Morgan fingerprint density at radius 3 is 2.65 bits per heavy atom. The van der Waals surface area contributed by atoms with E-state index in [0.29, 0.717) is 0 Å². The minimum Gasteiger partial charge on any atom is -0.392 e. The van der Waals surface area contributed by atoms with Gasteiger partial charge in [0.1, 0.15) is 0 Å². The Kier molecular flexibility index (Phi) is 5.34. The lowest BCUT2D eigenvalue weighted by Crippen LogP contribution is -2.28. The summed E-state index contributed by atoms with van der Waals surface area (Å²) in [5.41, 5.74) is 4.53. The topological polar surface area (TPSA) is 23.5 Å². The molecule has 2 aromatic carbocycles. The lowest BCUT2D eigenvalue weighted by molar-refractivity contribution is 0.114. The number of likely N-dealkylation sites (N-methyl/N-ethyl adjacent to an activating group) is 1. The van der Waals surface area contributed by atoms with Gasteiger partial charge in [0.2, 0.25) is 0 Å². The van der Waals surface area contributed by atoms with Gasteiger partial charge < -0.3 is 5.11 Å². The molecule has 1 aliphatic carbocycles. The van der Waals surface area contributed by atoms with Gasteiger partial charge in [-0.15, -0.1) is 0 Å². The molecule has 0 saturated carbocycles. The first-order valence-electron chi connectivity index (χ1n) is 9.08. The third kappa shape index (κ3) is 3.76. The summed E-state index contributed by atoms with van der Waals surface area (Å²) in [6.07, 6.45) is 6.78. The second-order valence-electron chi connectivity index (χ2n) is 7.07. The van der Waals surface area contributed by atoms with E-state index in [2.05, 4.69) is 49.2 Å². The molecule has 3 rings (SSSR count). The molecule has 1 N–H and O–H groups in total. The van der Waals surface area contributed by atoms with Crippen molar-refractivity contribution in [3.05, 3.63) is 47.0 Å². The van der Waals surface area contributed by atoms with Crippen molar-refractivity contribution in [3.63, 3.8) is 0 Å². The average molecular weight is 311 g/mol. The number of hydrogen-bond donors (Lipinski definition) is 1. The zero-order chi connectivity index (χ0) is 16.2. The maximum atomic E-state index is 10.1. The van der Waals surface area contributed by atoms with Crippen LogP contribution in [-0.2, 0) is 19.4 Å². The molecule has 0 heterocycles. The molecule has 0 spiro atoms. The van der Waals surface area contributed by atoms with Crippen molar-refractivity contribution < 1.29 is 5.11 Å². The Bertz CT molecular complexity index is 664. The lowest BCUT2D eigenvalue weighted by atomic mass is 9.85. The fourth-order valence-corrected chi connectivity index (χ4v) is 3.98. The van der Waals surface area contributed by atoms with Crippen LogP contribution in [0.4, 0.5) is 0 Å². The summed E-state index contributed by atoms with van der Waals surface area (Å²) in [7, 11) is 2.12. The Hall–Kier alpha value is -1.38. The number of rotatable bonds is 6. The Morgan fingerprint density at radius 2 is 1.87 bits per heavy atom. The quantitative estimate of drug-likeness (QED) is 0.859. The molecular weight excluding hydrogens is 282 g/mol. The van der Waals surface area contributed by atoms with E-state index >= 15 is 0 Å². The molecule has 1 aliphatic rings. The monoisotopic (exact) mass is 311 g/mol. The van der Waals surface area contributed by atoms with E-state index in [1.807, 2.05) is 0 Å². The van der Waals surface area contributed by atoms with Crippen LogP contribution in [0.2, 0.25) is 0 Å². The van der Waals surface area contributed by atoms with Gasteiger partial charge in [-0.05, 0) is 66.6 Å². The second-order valence-corrected chi connectivity index (χ2v) is 7.07. The molecule has 2 nitrogen and oxygen atoms in total. The van der Waals surface area contributed by atoms with Crippen molar-refractivity contribution >= 4 is 10.8 Å². The number of aliphatic hydroxyl groups is 1. The van der Waals surface area contributed by atoms with E-state index in [0.717, 1.165) is 25.9 Å².